The second kappa shape index (κ2) is 9.46. The van der Waals surface area contributed by atoms with Gasteiger partial charge in [0.25, 0.3) is 0 Å². The van der Waals surface area contributed by atoms with Crippen LogP contribution in [0.2, 0.25) is 10.0 Å². The van der Waals surface area contributed by atoms with Crippen LogP contribution in [0.3, 0.4) is 0 Å². The van der Waals surface area contributed by atoms with Crippen LogP contribution in [0.15, 0.2) is 30.9 Å². The molecule has 0 saturated carbocycles. The minimum Gasteiger partial charge on any atom is -0.480 e. The van der Waals surface area contributed by atoms with Crippen molar-refractivity contribution in [2.24, 2.45) is 0 Å². The fourth-order valence-electron chi connectivity index (χ4n) is 1.66. The summed E-state index contributed by atoms with van der Waals surface area (Å²) in [6, 6.07) is 4.02. The van der Waals surface area contributed by atoms with Gasteiger partial charge >= 0.3 is 5.97 Å². The molecule has 22 heavy (non-hydrogen) atoms. The number of carboxylic acid groups (broad SMARTS) is 1. The SMILES string of the molecule is C=CCOCC(NC(=O)CCc1ccc(Cl)c(Cl)c1)C(=O)O. The van der Waals surface area contributed by atoms with E-state index in [0.29, 0.717) is 16.5 Å². The Bertz CT molecular complexity index is 548. The van der Waals surface area contributed by atoms with Crippen molar-refractivity contribution >= 4 is 35.1 Å². The zero-order valence-corrected chi connectivity index (χ0v) is 13.4. The molecule has 1 unspecified atom stereocenters. The van der Waals surface area contributed by atoms with Gasteiger partial charge in [-0.3, -0.25) is 4.79 Å². The smallest absolute Gasteiger partial charge is 0.328 e. The second-order valence-electron chi connectivity index (χ2n) is 4.53. The maximum absolute atomic E-state index is 11.8. The lowest BCUT2D eigenvalue weighted by atomic mass is 10.1. The van der Waals surface area contributed by atoms with Gasteiger partial charge in [-0.1, -0.05) is 35.3 Å². The Labute approximate surface area is 138 Å². The fourth-order valence-corrected chi connectivity index (χ4v) is 1.98. The van der Waals surface area contributed by atoms with Crippen molar-refractivity contribution in [3.8, 4) is 0 Å². The predicted octanol–water partition coefficient (Wildman–Crippen LogP) is 2.70. The van der Waals surface area contributed by atoms with E-state index in [0.717, 1.165) is 5.56 Å². The van der Waals surface area contributed by atoms with E-state index in [2.05, 4.69) is 11.9 Å². The number of hydrogen-bond donors (Lipinski definition) is 2. The Morgan fingerprint density at radius 1 is 1.36 bits per heavy atom. The number of halogens is 2. The van der Waals surface area contributed by atoms with Gasteiger partial charge in [0.2, 0.25) is 5.91 Å². The van der Waals surface area contributed by atoms with E-state index in [9.17, 15) is 9.59 Å². The molecule has 1 aromatic carbocycles. The lowest BCUT2D eigenvalue weighted by molar-refractivity contribution is -0.143. The van der Waals surface area contributed by atoms with E-state index in [1.54, 1.807) is 18.2 Å². The molecule has 0 aliphatic carbocycles. The molecule has 1 aromatic rings. The Kier molecular flexibility index (Phi) is 7.95. The molecule has 7 heteroatoms. The number of carbonyl (C=O) groups is 2. The molecule has 0 aliphatic heterocycles. The highest BCUT2D eigenvalue weighted by atomic mass is 35.5. The molecule has 1 rings (SSSR count). The molecule has 1 atom stereocenters. The van der Waals surface area contributed by atoms with Gasteiger partial charge in [-0.05, 0) is 24.1 Å². The predicted molar refractivity (Wildman–Crippen MR) is 85.4 cm³/mol. The molecule has 5 nitrogen and oxygen atoms in total. The highest BCUT2D eigenvalue weighted by Gasteiger charge is 2.19. The van der Waals surface area contributed by atoms with Crippen LogP contribution < -0.4 is 5.32 Å². The second-order valence-corrected chi connectivity index (χ2v) is 5.35. The molecule has 0 saturated heterocycles. The van der Waals surface area contributed by atoms with Crippen molar-refractivity contribution in [1.82, 2.24) is 5.32 Å². The first kappa shape index (κ1) is 18.5. The van der Waals surface area contributed by atoms with E-state index in [1.165, 1.54) is 6.08 Å². The summed E-state index contributed by atoms with van der Waals surface area (Å²) in [7, 11) is 0. The number of aryl methyl sites for hydroxylation is 1. The topological polar surface area (TPSA) is 75.6 Å². The number of aliphatic carboxylic acids is 1. The summed E-state index contributed by atoms with van der Waals surface area (Å²) in [6.07, 6.45) is 2.08. The summed E-state index contributed by atoms with van der Waals surface area (Å²) in [5.74, 6) is -1.52. The van der Waals surface area contributed by atoms with Crippen molar-refractivity contribution in [3.05, 3.63) is 46.5 Å². The van der Waals surface area contributed by atoms with Crippen molar-refractivity contribution < 1.29 is 19.4 Å². The van der Waals surface area contributed by atoms with Crippen molar-refractivity contribution in [2.45, 2.75) is 18.9 Å². The maximum Gasteiger partial charge on any atom is 0.328 e. The summed E-state index contributed by atoms with van der Waals surface area (Å²) < 4.78 is 5.05. The molecule has 0 heterocycles. The van der Waals surface area contributed by atoms with Gasteiger partial charge in [0.05, 0.1) is 23.3 Å². The number of benzene rings is 1. The average Bonchev–Trinajstić information content (AvgIpc) is 2.47. The molecule has 0 aromatic heterocycles. The average molecular weight is 346 g/mol. The van der Waals surface area contributed by atoms with Crippen LogP contribution in [0.1, 0.15) is 12.0 Å². The number of nitrogens with one attached hydrogen (secondary N) is 1. The fraction of sp³-hybridized carbons (Fsp3) is 0.333. The Balaban J connectivity index is 2.47. The van der Waals surface area contributed by atoms with Crippen LogP contribution in [-0.4, -0.2) is 36.2 Å². The van der Waals surface area contributed by atoms with Crippen LogP contribution in [0.5, 0.6) is 0 Å². The third-order valence-electron chi connectivity index (χ3n) is 2.78. The van der Waals surface area contributed by atoms with Gasteiger partial charge in [-0.25, -0.2) is 4.79 Å². The van der Waals surface area contributed by atoms with E-state index in [1.807, 2.05) is 0 Å². The number of amides is 1. The van der Waals surface area contributed by atoms with Crippen LogP contribution in [0, 0.1) is 0 Å². The third-order valence-corrected chi connectivity index (χ3v) is 3.52. The van der Waals surface area contributed by atoms with Crippen LogP contribution in [-0.2, 0) is 20.7 Å². The number of carboxylic acids is 1. The molecule has 2 N–H and O–H groups in total. The molecule has 0 radical (unpaired) electrons. The molecule has 0 fully saturated rings. The molecule has 0 aliphatic rings. The molecule has 0 bridgehead atoms. The van der Waals surface area contributed by atoms with Crippen molar-refractivity contribution in [2.75, 3.05) is 13.2 Å². The number of hydrogen-bond acceptors (Lipinski definition) is 3. The summed E-state index contributed by atoms with van der Waals surface area (Å²) in [5.41, 5.74) is 0.847. The highest BCUT2D eigenvalue weighted by molar-refractivity contribution is 6.42. The van der Waals surface area contributed by atoms with Gasteiger partial charge in [0, 0.05) is 6.42 Å². The van der Waals surface area contributed by atoms with Crippen LogP contribution >= 0.6 is 23.2 Å². The molecule has 120 valence electrons. The summed E-state index contributed by atoms with van der Waals surface area (Å²) in [6.45, 7) is 3.57. The van der Waals surface area contributed by atoms with Gasteiger partial charge in [0.1, 0.15) is 0 Å². The lowest BCUT2D eigenvalue weighted by Crippen LogP contribution is -2.44. The highest BCUT2D eigenvalue weighted by Crippen LogP contribution is 2.23. The van der Waals surface area contributed by atoms with Gasteiger partial charge < -0.3 is 15.2 Å². The van der Waals surface area contributed by atoms with Gasteiger partial charge in [-0.15, -0.1) is 6.58 Å². The zero-order valence-electron chi connectivity index (χ0n) is 11.9. The normalized spacial score (nSPS) is 11.7. The molecular weight excluding hydrogens is 329 g/mol. The molecule has 0 spiro atoms. The summed E-state index contributed by atoms with van der Waals surface area (Å²) >= 11 is 11.7. The first-order valence-electron chi connectivity index (χ1n) is 6.58. The van der Waals surface area contributed by atoms with Crippen LogP contribution in [0.25, 0.3) is 0 Å². The summed E-state index contributed by atoms with van der Waals surface area (Å²) in [4.78, 5) is 22.8. The number of ether oxygens (including phenoxy) is 1. The van der Waals surface area contributed by atoms with Gasteiger partial charge in [-0.2, -0.15) is 0 Å². The first-order valence-corrected chi connectivity index (χ1v) is 7.34. The Hall–Kier alpha value is -1.56. The molecule has 1 amide bonds. The third kappa shape index (κ3) is 6.47. The monoisotopic (exact) mass is 345 g/mol. The standard InChI is InChI=1S/C15H17Cl2NO4/c1-2-7-22-9-13(15(20)21)18-14(19)6-4-10-3-5-11(16)12(17)8-10/h2-3,5,8,13H,1,4,6-7,9H2,(H,18,19)(H,20,21). The first-order chi connectivity index (χ1) is 10.4. The minimum atomic E-state index is -1.15. The Morgan fingerprint density at radius 2 is 2.09 bits per heavy atom. The largest absolute Gasteiger partial charge is 0.480 e. The van der Waals surface area contributed by atoms with Gasteiger partial charge in [0.15, 0.2) is 6.04 Å². The van der Waals surface area contributed by atoms with E-state index >= 15 is 0 Å². The van der Waals surface area contributed by atoms with Crippen molar-refractivity contribution in [1.29, 1.82) is 0 Å². The van der Waals surface area contributed by atoms with E-state index in [4.69, 9.17) is 33.0 Å². The van der Waals surface area contributed by atoms with Crippen LogP contribution in [0.4, 0.5) is 0 Å². The molecular formula is C15H17Cl2NO4. The number of rotatable bonds is 9. The minimum absolute atomic E-state index is 0.111. The maximum atomic E-state index is 11.8. The lowest BCUT2D eigenvalue weighted by Gasteiger charge is -2.14. The summed E-state index contributed by atoms with van der Waals surface area (Å²) in [5, 5.41) is 12.3. The number of carbonyl (C=O) groups excluding carboxylic acids is 1. The Morgan fingerprint density at radius 3 is 2.68 bits per heavy atom. The zero-order chi connectivity index (χ0) is 16.5. The van der Waals surface area contributed by atoms with E-state index < -0.39 is 12.0 Å². The van der Waals surface area contributed by atoms with Crippen molar-refractivity contribution in [3.63, 3.8) is 0 Å². The van der Waals surface area contributed by atoms with E-state index in [-0.39, 0.29) is 25.5 Å². The quantitative estimate of drug-likeness (QED) is 0.533.